The predicted octanol–water partition coefficient (Wildman–Crippen LogP) is 2.81. The van der Waals surface area contributed by atoms with Crippen molar-refractivity contribution in [1.82, 2.24) is 0 Å². The van der Waals surface area contributed by atoms with Gasteiger partial charge in [0.15, 0.2) is 0 Å². The van der Waals surface area contributed by atoms with Gasteiger partial charge < -0.3 is 14.7 Å². The van der Waals surface area contributed by atoms with Crippen LogP contribution in [-0.4, -0.2) is 31.3 Å². The molecule has 0 aromatic heterocycles. The average molecular weight is 277 g/mol. The first-order valence-corrected chi connectivity index (χ1v) is 7.23. The average Bonchev–Trinajstić information content (AvgIpc) is 2.53. The molecule has 1 aromatic carbocycles. The molecule has 2 rings (SSSR count). The molecule has 0 saturated heterocycles. The largest absolute Gasteiger partial charge is 0.475 e. The van der Waals surface area contributed by atoms with Gasteiger partial charge in [-0.15, -0.1) is 0 Å². The van der Waals surface area contributed by atoms with Gasteiger partial charge in [-0.25, -0.2) is 0 Å². The lowest BCUT2D eigenvalue weighted by Crippen LogP contribution is -2.22. The Morgan fingerprint density at radius 2 is 1.80 bits per heavy atom. The maximum absolute atomic E-state index is 9.15. The molecule has 1 aliphatic carbocycles. The number of rotatable bonds is 5. The third-order valence-electron chi connectivity index (χ3n) is 3.88. The van der Waals surface area contributed by atoms with Gasteiger partial charge in [-0.2, -0.15) is 0 Å². The van der Waals surface area contributed by atoms with Gasteiger partial charge in [-0.1, -0.05) is 18.2 Å². The minimum absolute atomic E-state index is 0.313. The van der Waals surface area contributed by atoms with Crippen LogP contribution in [0, 0.1) is 11.8 Å². The molecule has 0 aliphatic heterocycles. The zero-order valence-electron chi connectivity index (χ0n) is 12.0. The Morgan fingerprint density at radius 1 is 1.15 bits per heavy atom. The Hall–Kier alpha value is -1.55. The van der Waals surface area contributed by atoms with Gasteiger partial charge in [0.05, 0.1) is 6.61 Å². The molecular weight excluding hydrogens is 254 g/mol. The van der Waals surface area contributed by atoms with Crippen molar-refractivity contribution in [3.05, 3.63) is 35.9 Å². The highest BCUT2D eigenvalue weighted by molar-refractivity contribution is 5.93. The van der Waals surface area contributed by atoms with Crippen molar-refractivity contribution < 1.29 is 14.7 Å². The van der Waals surface area contributed by atoms with E-state index in [2.05, 4.69) is 5.16 Å². The molecule has 0 atom stereocenters. The van der Waals surface area contributed by atoms with E-state index in [-0.39, 0.29) is 0 Å². The summed E-state index contributed by atoms with van der Waals surface area (Å²) in [5.41, 5.74) is 0.929. The summed E-state index contributed by atoms with van der Waals surface area (Å²) in [6, 6.07) is 9.79. The molecular formula is C16H23NO3. The van der Waals surface area contributed by atoms with E-state index in [0.29, 0.717) is 30.9 Å². The Labute approximate surface area is 120 Å². The summed E-state index contributed by atoms with van der Waals surface area (Å²) in [7, 11) is 1.53. The first-order valence-electron chi connectivity index (χ1n) is 7.23. The summed E-state index contributed by atoms with van der Waals surface area (Å²) in [6.45, 7) is 0.975. The van der Waals surface area contributed by atoms with Gasteiger partial charge in [0.1, 0.15) is 7.11 Å². The predicted molar refractivity (Wildman–Crippen MR) is 78.5 cm³/mol. The van der Waals surface area contributed by atoms with Crippen LogP contribution in [0.5, 0.6) is 0 Å². The summed E-state index contributed by atoms with van der Waals surface area (Å²) in [4.78, 5) is 4.86. The van der Waals surface area contributed by atoms with Crippen molar-refractivity contribution in [1.29, 1.82) is 0 Å². The smallest absolute Gasteiger partial charge is 0.257 e. The number of hydrogen-bond donors (Lipinski definition) is 1. The van der Waals surface area contributed by atoms with Gasteiger partial charge in [-0.3, -0.25) is 0 Å². The molecule has 0 spiro atoms. The number of nitrogens with zero attached hydrogens (tertiary/aromatic N) is 1. The number of aliphatic hydroxyl groups excluding tert-OH is 1. The van der Waals surface area contributed by atoms with E-state index < -0.39 is 0 Å². The van der Waals surface area contributed by atoms with Crippen LogP contribution in [0.15, 0.2) is 35.5 Å². The first-order chi connectivity index (χ1) is 9.83. The molecule has 0 amide bonds. The maximum Gasteiger partial charge on any atom is 0.257 e. The van der Waals surface area contributed by atoms with Gasteiger partial charge in [0, 0.05) is 12.2 Å². The Kier molecular flexibility index (Phi) is 5.87. The first kappa shape index (κ1) is 14.9. The fourth-order valence-electron chi connectivity index (χ4n) is 2.60. The van der Waals surface area contributed by atoms with Crippen molar-refractivity contribution in [2.45, 2.75) is 25.7 Å². The number of oxime groups is 1. The van der Waals surface area contributed by atoms with E-state index in [4.69, 9.17) is 14.7 Å². The lowest BCUT2D eigenvalue weighted by Gasteiger charge is -2.27. The van der Waals surface area contributed by atoms with Gasteiger partial charge in [-0.05, 0) is 54.8 Å². The minimum atomic E-state index is 0.313. The molecule has 4 nitrogen and oxygen atoms in total. The van der Waals surface area contributed by atoms with Gasteiger partial charge in [0.2, 0.25) is 0 Å². The standard InChI is InChI=1S/C16H23NO3/c1-19-17-16(15-5-3-2-4-6-15)20-12-14-9-7-13(11-18)8-10-14/h2-6,13-14,18H,7-12H2,1H3. The molecule has 20 heavy (non-hydrogen) atoms. The van der Waals surface area contributed by atoms with E-state index in [1.54, 1.807) is 0 Å². The van der Waals surface area contributed by atoms with Crippen LogP contribution in [0.1, 0.15) is 31.2 Å². The molecule has 4 heteroatoms. The summed E-state index contributed by atoms with van der Waals surface area (Å²) in [6.07, 6.45) is 4.40. The van der Waals surface area contributed by atoms with Crippen molar-refractivity contribution in [3.63, 3.8) is 0 Å². The number of ether oxygens (including phenoxy) is 1. The molecule has 0 radical (unpaired) electrons. The van der Waals surface area contributed by atoms with E-state index in [0.717, 1.165) is 31.2 Å². The van der Waals surface area contributed by atoms with Gasteiger partial charge in [0.25, 0.3) is 5.90 Å². The number of benzene rings is 1. The summed E-state index contributed by atoms with van der Waals surface area (Å²) in [5, 5.41) is 13.1. The Balaban J connectivity index is 1.86. The van der Waals surface area contributed by atoms with Crippen LogP contribution < -0.4 is 0 Å². The zero-order chi connectivity index (χ0) is 14.2. The van der Waals surface area contributed by atoms with Crippen LogP contribution in [0.25, 0.3) is 0 Å². The van der Waals surface area contributed by atoms with Crippen molar-refractivity contribution >= 4 is 5.90 Å². The van der Waals surface area contributed by atoms with Crippen LogP contribution in [0.2, 0.25) is 0 Å². The number of hydrogen-bond acceptors (Lipinski definition) is 4. The quantitative estimate of drug-likeness (QED) is 0.511. The fraction of sp³-hybridized carbons (Fsp3) is 0.562. The van der Waals surface area contributed by atoms with Crippen LogP contribution in [-0.2, 0) is 9.57 Å². The summed E-state index contributed by atoms with van der Waals surface area (Å²) < 4.78 is 5.84. The molecule has 0 unspecified atom stereocenters. The lowest BCUT2D eigenvalue weighted by molar-refractivity contribution is 0.129. The molecule has 1 saturated carbocycles. The van der Waals surface area contributed by atoms with E-state index in [1.807, 2.05) is 30.3 Å². The highest BCUT2D eigenvalue weighted by atomic mass is 16.6. The van der Waals surface area contributed by atoms with E-state index in [1.165, 1.54) is 7.11 Å². The fourth-order valence-corrected chi connectivity index (χ4v) is 2.60. The maximum atomic E-state index is 9.15. The van der Waals surface area contributed by atoms with Gasteiger partial charge >= 0.3 is 0 Å². The van der Waals surface area contributed by atoms with Crippen molar-refractivity contribution in [2.24, 2.45) is 17.0 Å². The van der Waals surface area contributed by atoms with E-state index >= 15 is 0 Å². The molecule has 110 valence electrons. The summed E-state index contributed by atoms with van der Waals surface area (Å²) >= 11 is 0. The monoisotopic (exact) mass is 277 g/mol. The molecule has 0 bridgehead atoms. The second kappa shape index (κ2) is 7.90. The summed E-state index contributed by atoms with van der Waals surface area (Å²) in [5.74, 6) is 1.56. The van der Waals surface area contributed by atoms with Crippen LogP contribution in [0.4, 0.5) is 0 Å². The molecule has 1 fully saturated rings. The third-order valence-corrected chi connectivity index (χ3v) is 3.88. The van der Waals surface area contributed by atoms with E-state index in [9.17, 15) is 0 Å². The zero-order valence-corrected chi connectivity index (χ0v) is 12.0. The normalized spacial score (nSPS) is 23.4. The van der Waals surface area contributed by atoms with Crippen molar-refractivity contribution in [3.8, 4) is 0 Å². The molecule has 1 aromatic rings. The van der Waals surface area contributed by atoms with Crippen molar-refractivity contribution in [2.75, 3.05) is 20.3 Å². The molecule has 1 aliphatic rings. The Morgan fingerprint density at radius 3 is 2.40 bits per heavy atom. The SMILES string of the molecule is CON=C(OCC1CCC(CO)CC1)c1ccccc1. The van der Waals surface area contributed by atoms with Crippen LogP contribution >= 0.6 is 0 Å². The second-order valence-electron chi connectivity index (χ2n) is 5.33. The molecule has 0 heterocycles. The highest BCUT2D eigenvalue weighted by Gasteiger charge is 2.21. The Bertz CT molecular complexity index is 411. The minimum Gasteiger partial charge on any atom is -0.475 e. The topological polar surface area (TPSA) is 51.0 Å². The van der Waals surface area contributed by atoms with Crippen LogP contribution in [0.3, 0.4) is 0 Å². The number of aliphatic hydroxyl groups is 1. The molecule has 1 N–H and O–H groups in total. The third kappa shape index (κ3) is 4.23. The lowest BCUT2D eigenvalue weighted by atomic mass is 9.83. The highest BCUT2D eigenvalue weighted by Crippen LogP contribution is 2.28. The second-order valence-corrected chi connectivity index (χ2v) is 5.33.